The van der Waals surface area contributed by atoms with Crippen LogP contribution in [0.3, 0.4) is 0 Å². The zero-order valence-electron chi connectivity index (χ0n) is 31.6. The quantitative estimate of drug-likeness (QED) is 0.178. The number of para-hydroxylation sites is 4. The minimum Gasteiger partial charge on any atom is -0.355 e. The van der Waals surface area contributed by atoms with Crippen LogP contribution < -0.4 is 21.1 Å². The number of benzene rings is 6. The van der Waals surface area contributed by atoms with Crippen molar-refractivity contribution in [2.75, 3.05) is 0 Å². The Morgan fingerprint density at radius 1 is 0.481 bits per heavy atom. The van der Waals surface area contributed by atoms with Crippen molar-refractivity contribution in [3.8, 4) is 34.8 Å². The first-order valence-electron chi connectivity index (χ1n) is 18.8. The Morgan fingerprint density at radius 2 is 1.00 bits per heavy atom. The predicted octanol–water partition coefficient (Wildman–Crippen LogP) is 10.4. The highest BCUT2D eigenvalue weighted by Gasteiger charge is 2.13. The van der Waals surface area contributed by atoms with Crippen LogP contribution in [0, 0.1) is 12.3 Å². The van der Waals surface area contributed by atoms with Gasteiger partial charge in [-0.15, -0.1) is 6.42 Å². The molecule has 0 spiro atoms. The third-order valence-electron chi connectivity index (χ3n) is 9.93. The second-order valence-corrected chi connectivity index (χ2v) is 12.8. The summed E-state index contributed by atoms with van der Waals surface area (Å²) in [4.78, 5) is 3.53. The molecule has 0 aliphatic rings. The lowest BCUT2D eigenvalue weighted by molar-refractivity contribution is 0.985. The standard InChI is InChI=1S/C30H20N2.C19H19N.C2H6/c1-2-8-22(9-3-1)32-29-13-7-5-11-24(29)26-19-21(15-17-30(26)32)20-14-16-28-25(18-20)23-10-4-6-12-27(23)31-28;1-5-12-17-16(6-2)18(7-3)20(19(17)8-4)15-13-10-9-11-14-15;1-2/h1-19,31H;1,6-14H,2-4H3;1-2H3/b;16-6?,17-12-,18-7+,19-8+;. The summed E-state index contributed by atoms with van der Waals surface area (Å²) in [6.07, 6.45) is 13.7. The molecule has 3 heteroatoms. The lowest BCUT2D eigenvalue weighted by Gasteiger charge is -2.08. The molecule has 0 radical (unpaired) electrons. The second kappa shape index (κ2) is 15.9. The summed E-state index contributed by atoms with van der Waals surface area (Å²) in [6.45, 7) is 10.1. The second-order valence-electron chi connectivity index (χ2n) is 12.8. The van der Waals surface area contributed by atoms with Gasteiger partial charge in [0.2, 0.25) is 0 Å². The maximum atomic E-state index is 5.49. The van der Waals surface area contributed by atoms with Crippen molar-refractivity contribution in [1.82, 2.24) is 14.1 Å². The van der Waals surface area contributed by atoms with E-state index in [1.54, 1.807) is 0 Å². The fourth-order valence-electron chi connectivity index (χ4n) is 7.64. The van der Waals surface area contributed by atoms with Crippen molar-refractivity contribution >= 4 is 67.9 Å². The molecule has 0 saturated heterocycles. The Balaban J connectivity index is 0.000000177. The van der Waals surface area contributed by atoms with Gasteiger partial charge in [0.25, 0.3) is 0 Å². The molecule has 1 N–H and O–H groups in total. The molecular weight excluding hydrogens is 655 g/mol. The van der Waals surface area contributed by atoms with E-state index >= 15 is 0 Å². The zero-order valence-corrected chi connectivity index (χ0v) is 31.6. The Bertz CT molecular complexity index is 3040. The smallest absolute Gasteiger partial charge is 0.0541 e. The summed E-state index contributed by atoms with van der Waals surface area (Å²) in [5.41, 5.74) is 9.63. The van der Waals surface area contributed by atoms with Gasteiger partial charge in [-0.1, -0.05) is 123 Å². The minimum absolute atomic E-state index is 1.11. The van der Waals surface area contributed by atoms with Gasteiger partial charge in [0, 0.05) is 59.7 Å². The number of hydrogen-bond donors (Lipinski definition) is 1. The first-order chi connectivity index (χ1) is 26.6. The van der Waals surface area contributed by atoms with Crippen molar-refractivity contribution in [3.05, 3.63) is 167 Å². The third-order valence-corrected chi connectivity index (χ3v) is 9.93. The van der Waals surface area contributed by atoms with E-state index in [2.05, 4.69) is 173 Å². The van der Waals surface area contributed by atoms with E-state index in [0.717, 1.165) is 16.3 Å². The molecule has 0 fully saturated rings. The number of terminal acetylenes is 1. The normalized spacial score (nSPS) is 12.6. The molecule has 0 amide bonds. The van der Waals surface area contributed by atoms with Crippen LogP contribution in [-0.2, 0) is 0 Å². The summed E-state index contributed by atoms with van der Waals surface area (Å²) in [7, 11) is 0. The highest BCUT2D eigenvalue weighted by Crippen LogP contribution is 2.36. The van der Waals surface area contributed by atoms with Crippen molar-refractivity contribution in [2.24, 2.45) is 0 Å². The average molecular weight is 700 g/mol. The van der Waals surface area contributed by atoms with E-state index in [4.69, 9.17) is 6.42 Å². The molecule has 0 unspecified atom stereocenters. The molecule has 0 aliphatic carbocycles. The highest BCUT2D eigenvalue weighted by atomic mass is 15.0. The van der Waals surface area contributed by atoms with Gasteiger partial charge in [-0.05, 0) is 98.6 Å². The number of nitrogens with zero attached hydrogens (tertiary/aromatic N) is 2. The minimum atomic E-state index is 1.11. The number of nitrogens with one attached hydrogen (secondary N) is 1. The predicted molar refractivity (Wildman–Crippen MR) is 235 cm³/mol. The Kier molecular flexibility index (Phi) is 10.5. The summed E-state index contributed by atoms with van der Waals surface area (Å²) < 4.78 is 4.61. The third kappa shape index (κ3) is 6.33. The molecule has 0 bridgehead atoms. The van der Waals surface area contributed by atoms with Crippen LogP contribution in [0.5, 0.6) is 0 Å². The van der Waals surface area contributed by atoms with Gasteiger partial charge in [-0.2, -0.15) is 0 Å². The van der Waals surface area contributed by atoms with Gasteiger partial charge in [0.15, 0.2) is 0 Å². The molecule has 0 saturated carbocycles. The maximum absolute atomic E-state index is 5.49. The van der Waals surface area contributed by atoms with Crippen LogP contribution in [0.15, 0.2) is 146 Å². The molecule has 54 heavy (non-hydrogen) atoms. The molecule has 3 aromatic heterocycles. The SMILES string of the molecule is C#C/C=c1/c(=CC)/c(=C\C)n(-c2ccccc2)/c1=C/C.CC.c1ccc(-n2c3ccccc3c3cc(-c4ccc5[nH]c6ccccc6c5c4)ccc32)cc1. The first kappa shape index (κ1) is 35.6. The topological polar surface area (TPSA) is 25.6 Å². The van der Waals surface area contributed by atoms with Crippen LogP contribution in [0.1, 0.15) is 34.6 Å². The summed E-state index contributed by atoms with van der Waals surface area (Å²) >= 11 is 0. The van der Waals surface area contributed by atoms with E-state index < -0.39 is 0 Å². The molecule has 0 aliphatic heterocycles. The Morgan fingerprint density at radius 3 is 1.65 bits per heavy atom. The number of rotatable bonds is 3. The van der Waals surface area contributed by atoms with Crippen LogP contribution in [0.4, 0.5) is 0 Å². The lowest BCUT2D eigenvalue weighted by Crippen LogP contribution is -2.36. The monoisotopic (exact) mass is 699 g/mol. The van der Waals surface area contributed by atoms with E-state index in [1.165, 1.54) is 71.0 Å². The Labute approximate surface area is 317 Å². The number of aromatic nitrogens is 3. The fraction of sp³-hybridized carbons (Fsp3) is 0.0980. The van der Waals surface area contributed by atoms with Crippen LogP contribution in [0.2, 0.25) is 0 Å². The number of aromatic amines is 1. The van der Waals surface area contributed by atoms with E-state index in [9.17, 15) is 0 Å². The van der Waals surface area contributed by atoms with Gasteiger partial charge >= 0.3 is 0 Å². The van der Waals surface area contributed by atoms with E-state index in [0.29, 0.717) is 0 Å². The molecule has 3 nitrogen and oxygen atoms in total. The molecular formula is C51H45N3. The largest absolute Gasteiger partial charge is 0.355 e. The van der Waals surface area contributed by atoms with Crippen LogP contribution in [0.25, 0.3) is 90.4 Å². The van der Waals surface area contributed by atoms with E-state index in [-0.39, 0.29) is 0 Å². The molecule has 0 atom stereocenters. The zero-order chi connectivity index (χ0) is 37.6. The maximum Gasteiger partial charge on any atom is 0.0541 e. The number of fused-ring (bicyclic) bond motifs is 6. The van der Waals surface area contributed by atoms with Gasteiger partial charge in [-0.3, -0.25) is 0 Å². The Hall–Kier alpha value is -6.76. The molecule has 264 valence electrons. The fourth-order valence-corrected chi connectivity index (χ4v) is 7.64. The van der Waals surface area contributed by atoms with Crippen molar-refractivity contribution in [3.63, 3.8) is 0 Å². The molecule has 9 aromatic rings. The van der Waals surface area contributed by atoms with Gasteiger partial charge in [-0.25, -0.2) is 0 Å². The van der Waals surface area contributed by atoms with Gasteiger partial charge in [0.05, 0.1) is 16.4 Å². The lowest BCUT2D eigenvalue weighted by atomic mass is 10.0. The molecule has 9 rings (SSSR count). The van der Waals surface area contributed by atoms with Gasteiger partial charge < -0.3 is 14.1 Å². The highest BCUT2D eigenvalue weighted by molar-refractivity contribution is 6.11. The molecule has 3 heterocycles. The summed E-state index contributed by atoms with van der Waals surface area (Å²) in [5, 5.41) is 9.69. The van der Waals surface area contributed by atoms with Crippen LogP contribution in [-0.4, -0.2) is 14.1 Å². The van der Waals surface area contributed by atoms with Crippen molar-refractivity contribution in [1.29, 1.82) is 0 Å². The number of hydrogen-bond acceptors (Lipinski definition) is 0. The first-order valence-corrected chi connectivity index (χ1v) is 18.8. The summed E-state index contributed by atoms with van der Waals surface area (Å²) in [5.74, 6) is 2.66. The van der Waals surface area contributed by atoms with Gasteiger partial charge in [0.1, 0.15) is 0 Å². The van der Waals surface area contributed by atoms with Crippen molar-refractivity contribution < 1.29 is 0 Å². The van der Waals surface area contributed by atoms with Crippen LogP contribution >= 0.6 is 0 Å². The average Bonchev–Trinajstić information content (AvgIpc) is 3.89. The van der Waals surface area contributed by atoms with E-state index in [1.807, 2.05) is 52.0 Å². The number of H-pyrrole nitrogens is 1. The van der Waals surface area contributed by atoms with Crippen molar-refractivity contribution in [2.45, 2.75) is 34.6 Å². The summed E-state index contributed by atoms with van der Waals surface area (Å²) in [6, 6.07) is 51.7. The molecule has 6 aromatic carbocycles.